The predicted octanol–water partition coefficient (Wildman–Crippen LogP) is 1.36. The fourth-order valence-corrected chi connectivity index (χ4v) is 3.08. The summed E-state index contributed by atoms with van der Waals surface area (Å²) >= 11 is 0. The Balaban J connectivity index is 2.10. The molecule has 0 radical (unpaired) electrons. The first-order valence-corrected chi connectivity index (χ1v) is 6.89. The lowest BCUT2D eigenvalue weighted by Crippen LogP contribution is -2.54. The summed E-state index contributed by atoms with van der Waals surface area (Å²) in [7, 11) is 0. The molecule has 5 heteroatoms. The van der Waals surface area contributed by atoms with Gasteiger partial charge in [-0.1, -0.05) is 0 Å². The molecule has 1 amide bonds. The molecule has 2 aliphatic heterocycles. The lowest BCUT2D eigenvalue weighted by Gasteiger charge is -2.42. The summed E-state index contributed by atoms with van der Waals surface area (Å²) in [6.07, 6.45) is 2.07. The summed E-state index contributed by atoms with van der Waals surface area (Å²) in [5.74, 6) is 0.479. The van der Waals surface area contributed by atoms with Crippen LogP contribution in [0.3, 0.4) is 0 Å². The molecule has 2 aliphatic rings. The Morgan fingerprint density at radius 2 is 2.11 bits per heavy atom. The number of rotatable bonds is 3. The molecule has 0 spiro atoms. The minimum atomic E-state index is -0.215. The molecule has 5 nitrogen and oxygen atoms in total. The Bertz CT molecular complexity index is 311. The molecule has 2 N–H and O–H groups in total. The van der Waals surface area contributed by atoms with E-state index in [1.165, 1.54) is 0 Å². The van der Waals surface area contributed by atoms with E-state index >= 15 is 0 Å². The molecule has 2 rings (SSSR count). The van der Waals surface area contributed by atoms with Gasteiger partial charge in [0.2, 0.25) is 0 Å². The summed E-state index contributed by atoms with van der Waals surface area (Å²) in [5.41, 5.74) is 5.79. The van der Waals surface area contributed by atoms with Crippen molar-refractivity contribution in [2.75, 3.05) is 13.2 Å². The number of carbonyl (C=O) groups excluding carboxylic acids is 1. The van der Waals surface area contributed by atoms with Crippen LogP contribution in [-0.4, -0.2) is 48.4 Å². The Kier molecular flexibility index (Phi) is 4.12. The third kappa shape index (κ3) is 2.62. The second-order valence-corrected chi connectivity index (χ2v) is 5.40. The van der Waals surface area contributed by atoms with E-state index in [1.54, 1.807) is 0 Å². The summed E-state index contributed by atoms with van der Waals surface area (Å²) in [4.78, 5) is 13.9. The van der Waals surface area contributed by atoms with Gasteiger partial charge in [-0.3, -0.25) is 4.90 Å². The van der Waals surface area contributed by atoms with E-state index < -0.39 is 0 Å². The SMILES string of the molecule is CCOC(=O)N1C(C)CC(CN)CC1[C@H]1O[C@H]1C. The third-order valence-electron chi connectivity index (χ3n) is 4.03. The van der Waals surface area contributed by atoms with E-state index in [0.717, 1.165) is 12.8 Å². The van der Waals surface area contributed by atoms with Gasteiger partial charge in [-0.05, 0) is 46.1 Å². The minimum absolute atomic E-state index is 0.122. The average Bonchev–Trinajstić information content (AvgIpc) is 3.05. The number of hydrogen-bond donors (Lipinski definition) is 1. The van der Waals surface area contributed by atoms with Gasteiger partial charge in [0.25, 0.3) is 0 Å². The zero-order valence-electron chi connectivity index (χ0n) is 11.5. The first-order chi connectivity index (χ1) is 8.58. The molecule has 18 heavy (non-hydrogen) atoms. The highest BCUT2D eigenvalue weighted by molar-refractivity contribution is 5.68. The van der Waals surface area contributed by atoms with Crippen LogP contribution in [0.4, 0.5) is 4.79 Å². The second-order valence-electron chi connectivity index (χ2n) is 5.40. The highest BCUT2D eigenvalue weighted by Crippen LogP contribution is 2.37. The maximum absolute atomic E-state index is 12.1. The molecular formula is C13H24N2O3. The van der Waals surface area contributed by atoms with Crippen LogP contribution in [0.5, 0.6) is 0 Å². The van der Waals surface area contributed by atoms with Crippen LogP contribution in [-0.2, 0) is 9.47 Å². The highest BCUT2D eigenvalue weighted by atomic mass is 16.6. The molecule has 2 fully saturated rings. The van der Waals surface area contributed by atoms with Crippen molar-refractivity contribution in [2.45, 2.75) is 57.9 Å². The van der Waals surface area contributed by atoms with Crippen molar-refractivity contribution in [1.82, 2.24) is 4.90 Å². The monoisotopic (exact) mass is 256 g/mol. The van der Waals surface area contributed by atoms with Crippen LogP contribution < -0.4 is 5.73 Å². The summed E-state index contributed by atoms with van der Waals surface area (Å²) in [6.45, 7) is 7.04. The van der Waals surface area contributed by atoms with Gasteiger partial charge in [0.05, 0.1) is 18.8 Å². The van der Waals surface area contributed by atoms with Gasteiger partial charge in [-0.15, -0.1) is 0 Å². The van der Waals surface area contributed by atoms with Gasteiger partial charge in [-0.2, -0.15) is 0 Å². The average molecular weight is 256 g/mol. The van der Waals surface area contributed by atoms with Gasteiger partial charge >= 0.3 is 6.09 Å². The van der Waals surface area contributed by atoms with Crippen LogP contribution in [0, 0.1) is 5.92 Å². The second kappa shape index (κ2) is 5.45. The first-order valence-electron chi connectivity index (χ1n) is 6.89. The number of piperidine rings is 1. The van der Waals surface area contributed by atoms with Crippen molar-refractivity contribution in [1.29, 1.82) is 0 Å². The quantitative estimate of drug-likeness (QED) is 0.774. The lowest BCUT2D eigenvalue weighted by atomic mass is 9.85. The first kappa shape index (κ1) is 13.6. The van der Waals surface area contributed by atoms with Gasteiger partial charge in [0, 0.05) is 6.04 Å². The van der Waals surface area contributed by atoms with Crippen molar-refractivity contribution < 1.29 is 14.3 Å². The van der Waals surface area contributed by atoms with Crippen LogP contribution in [0.25, 0.3) is 0 Å². The van der Waals surface area contributed by atoms with E-state index in [-0.39, 0.29) is 30.4 Å². The van der Waals surface area contributed by atoms with Crippen molar-refractivity contribution in [2.24, 2.45) is 11.7 Å². The van der Waals surface area contributed by atoms with E-state index in [9.17, 15) is 4.79 Å². The number of epoxide rings is 1. The maximum atomic E-state index is 12.1. The maximum Gasteiger partial charge on any atom is 0.410 e. The number of carbonyl (C=O) groups is 1. The molecule has 104 valence electrons. The predicted molar refractivity (Wildman–Crippen MR) is 68.2 cm³/mol. The van der Waals surface area contributed by atoms with Gasteiger partial charge < -0.3 is 15.2 Å². The Morgan fingerprint density at radius 1 is 1.44 bits per heavy atom. The summed E-state index contributed by atoms with van der Waals surface area (Å²) in [6, 6.07) is 0.295. The molecule has 5 atom stereocenters. The number of nitrogens with two attached hydrogens (primary N) is 1. The van der Waals surface area contributed by atoms with E-state index in [0.29, 0.717) is 19.1 Å². The molecular weight excluding hydrogens is 232 g/mol. The number of hydrogen-bond acceptors (Lipinski definition) is 4. The number of ether oxygens (including phenoxy) is 2. The van der Waals surface area contributed by atoms with E-state index in [2.05, 4.69) is 6.92 Å². The number of amides is 1. The van der Waals surface area contributed by atoms with Gasteiger partial charge in [0.15, 0.2) is 0 Å². The van der Waals surface area contributed by atoms with Gasteiger partial charge in [0.1, 0.15) is 6.10 Å². The Labute approximate surface area is 109 Å². The normalized spacial score (nSPS) is 39.6. The largest absolute Gasteiger partial charge is 0.450 e. The molecule has 0 aliphatic carbocycles. The molecule has 0 aromatic rings. The molecule has 0 saturated carbocycles. The molecule has 0 aromatic heterocycles. The molecule has 0 bridgehead atoms. The smallest absolute Gasteiger partial charge is 0.410 e. The van der Waals surface area contributed by atoms with Crippen LogP contribution in [0.15, 0.2) is 0 Å². The zero-order valence-corrected chi connectivity index (χ0v) is 11.5. The lowest BCUT2D eigenvalue weighted by molar-refractivity contribution is 0.0294. The third-order valence-corrected chi connectivity index (χ3v) is 4.03. The number of likely N-dealkylation sites (tertiary alicyclic amines) is 1. The fourth-order valence-electron chi connectivity index (χ4n) is 3.08. The fraction of sp³-hybridized carbons (Fsp3) is 0.923. The molecule has 3 unspecified atom stereocenters. The topological polar surface area (TPSA) is 68.1 Å². The summed E-state index contributed by atoms with van der Waals surface area (Å²) < 4.78 is 10.7. The molecule has 0 aromatic carbocycles. The van der Waals surface area contributed by atoms with Crippen molar-refractivity contribution in [3.05, 3.63) is 0 Å². The highest BCUT2D eigenvalue weighted by Gasteiger charge is 2.49. The summed E-state index contributed by atoms with van der Waals surface area (Å²) in [5, 5.41) is 0. The zero-order chi connectivity index (χ0) is 13.3. The van der Waals surface area contributed by atoms with E-state index in [1.807, 2.05) is 18.7 Å². The van der Waals surface area contributed by atoms with Gasteiger partial charge in [-0.25, -0.2) is 4.79 Å². The van der Waals surface area contributed by atoms with Crippen LogP contribution in [0.2, 0.25) is 0 Å². The number of nitrogens with zero attached hydrogens (tertiary/aromatic N) is 1. The van der Waals surface area contributed by atoms with E-state index in [4.69, 9.17) is 15.2 Å². The van der Waals surface area contributed by atoms with Crippen LogP contribution in [0.1, 0.15) is 33.6 Å². The van der Waals surface area contributed by atoms with Crippen molar-refractivity contribution in [3.8, 4) is 0 Å². The van der Waals surface area contributed by atoms with Crippen molar-refractivity contribution in [3.63, 3.8) is 0 Å². The molecule has 2 saturated heterocycles. The Morgan fingerprint density at radius 3 is 2.61 bits per heavy atom. The standard InChI is InChI=1S/C13H24N2O3/c1-4-17-13(16)15-8(2)5-10(7-14)6-11(15)12-9(3)18-12/h8-12H,4-7,14H2,1-3H3/t8?,9-,10?,11?,12-/m0/s1. The van der Waals surface area contributed by atoms with Crippen molar-refractivity contribution >= 4 is 6.09 Å². The minimum Gasteiger partial charge on any atom is -0.450 e. The Hall–Kier alpha value is -0.810. The van der Waals surface area contributed by atoms with Crippen LogP contribution >= 0.6 is 0 Å². The molecule has 2 heterocycles.